The maximum Gasteiger partial charge on any atom is 0.326 e. The average molecular weight is 584 g/mol. The van der Waals surface area contributed by atoms with E-state index in [0.717, 1.165) is 0 Å². The third kappa shape index (κ3) is 13.1. The van der Waals surface area contributed by atoms with Crippen LogP contribution in [0.5, 0.6) is 5.75 Å². The summed E-state index contributed by atoms with van der Waals surface area (Å²) in [4.78, 5) is 65.6. The summed E-state index contributed by atoms with van der Waals surface area (Å²) in [7, 11) is 0. The number of nitrogens with one attached hydrogen (secondary N) is 3. The second kappa shape index (κ2) is 17.5. The minimum atomic E-state index is -1.55. The van der Waals surface area contributed by atoms with E-state index in [0.29, 0.717) is 17.7 Å². The smallest absolute Gasteiger partial charge is 0.326 e. The number of hydrogen-bond acceptors (Lipinski definition) is 9. The lowest BCUT2D eigenvalue weighted by atomic mass is 10.0. The van der Waals surface area contributed by atoms with Crippen molar-refractivity contribution in [2.45, 2.75) is 56.3 Å². The Morgan fingerprint density at radius 2 is 1.48 bits per heavy atom. The number of aliphatic imine (C=N–C) groups is 1. The lowest BCUT2D eigenvalue weighted by Gasteiger charge is -2.24. The molecule has 0 fully saturated rings. The number of nitrogens with zero attached hydrogens (tertiary/aromatic N) is 1. The quantitative estimate of drug-likeness (QED) is 0.0520. The molecule has 16 heteroatoms. The van der Waals surface area contributed by atoms with E-state index >= 15 is 0 Å². The van der Waals surface area contributed by atoms with Crippen molar-refractivity contribution in [1.29, 1.82) is 0 Å². The van der Waals surface area contributed by atoms with E-state index < -0.39 is 60.2 Å². The van der Waals surface area contributed by atoms with E-state index in [1.54, 1.807) is 0 Å². The molecule has 1 aromatic rings. The highest BCUT2D eigenvalue weighted by atomic mass is 32.2. The third-order valence-electron chi connectivity index (χ3n) is 5.55. The lowest BCUT2D eigenvalue weighted by Crippen LogP contribution is -2.57. The fraction of sp³-hybridized carbons (Fsp3) is 0.500. The monoisotopic (exact) mass is 583 g/mol. The summed E-state index contributed by atoms with van der Waals surface area (Å²) in [5.74, 6) is -4.93. The zero-order valence-corrected chi connectivity index (χ0v) is 22.9. The van der Waals surface area contributed by atoms with Gasteiger partial charge < -0.3 is 48.5 Å². The number of thioether (sulfide) groups is 1. The number of aliphatic carboxylic acids is 2. The van der Waals surface area contributed by atoms with Crippen molar-refractivity contribution in [2.24, 2.45) is 22.2 Å². The molecule has 0 aliphatic carbocycles. The van der Waals surface area contributed by atoms with Crippen molar-refractivity contribution in [3.8, 4) is 5.75 Å². The van der Waals surface area contributed by atoms with E-state index in [4.69, 9.17) is 17.2 Å². The van der Waals surface area contributed by atoms with E-state index in [2.05, 4.69) is 20.9 Å². The number of phenols is 1. The van der Waals surface area contributed by atoms with Gasteiger partial charge in [-0.25, -0.2) is 4.79 Å². The van der Waals surface area contributed by atoms with E-state index in [1.165, 1.54) is 36.0 Å². The van der Waals surface area contributed by atoms with Crippen LogP contribution in [0, 0.1) is 0 Å². The Morgan fingerprint density at radius 1 is 0.900 bits per heavy atom. The number of phenolic OH excluding ortho intramolecular Hbond substituents is 1. The first-order valence-electron chi connectivity index (χ1n) is 12.3. The van der Waals surface area contributed by atoms with Crippen LogP contribution in [-0.2, 0) is 30.4 Å². The number of rotatable bonds is 18. The van der Waals surface area contributed by atoms with Crippen LogP contribution >= 0.6 is 11.8 Å². The number of nitrogens with two attached hydrogens (primary N) is 3. The Balaban J connectivity index is 3.08. The Hall–Kier alpha value is -4.05. The Labute approximate surface area is 235 Å². The normalized spacial score (nSPS) is 13.7. The topological polar surface area (TPSA) is 273 Å². The summed E-state index contributed by atoms with van der Waals surface area (Å²) in [6.07, 6.45) is 1.36. The first-order valence-corrected chi connectivity index (χ1v) is 13.7. The molecule has 0 heterocycles. The number of carboxylic acid groups (broad SMARTS) is 2. The number of carboxylic acids is 2. The summed E-state index contributed by atoms with van der Waals surface area (Å²) in [6.45, 7) is 0.0947. The molecular formula is C24H37N7O8S. The Morgan fingerprint density at radius 3 is 2.02 bits per heavy atom. The molecule has 0 aliphatic heterocycles. The summed E-state index contributed by atoms with van der Waals surface area (Å²) in [5, 5.41) is 35.4. The molecule has 40 heavy (non-hydrogen) atoms. The van der Waals surface area contributed by atoms with Crippen molar-refractivity contribution < 1.29 is 39.3 Å². The SMILES string of the molecule is CSCCC(N)C(=O)NC(CC(=O)O)C(=O)NC(CCCN=C(N)N)C(=O)NC(Cc1ccc(O)cc1)C(=O)O. The van der Waals surface area contributed by atoms with Gasteiger partial charge in [-0.15, -0.1) is 0 Å². The standard InChI is InChI=1S/C24H37N7O8S/c1-40-10-8-15(25)20(35)30-17(12-19(33)34)22(37)29-16(3-2-9-28-24(26)27)21(36)31-18(23(38)39)11-13-4-6-14(32)7-5-13/h4-7,15-18,32H,2-3,8-12,25H2,1H3,(H,29,37)(H,30,35)(H,31,36)(H,33,34)(H,38,39)(H4,26,27,28). The van der Waals surface area contributed by atoms with Crippen LogP contribution in [0.3, 0.4) is 0 Å². The Kier molecular flexibility index (Phi) is 14.9. The predicted octanol–water partition coefficient (Wildman–Crippen LogP) is -1.92. The molecule has 4 unspecified atom stereocenters. The fourth-order valence-electron chi connectivity index (χ4n) is 3.42. The van der Waals surface area contributed by atoms with Gasteiger partial charge in [-0.2, -0.15) is 11.8 Å². The maximum absolute atomic E-state index is 13.1. The summed E-state index contributed by atoms with van der Waals surface area (Å²) >= 11 is 1.46. The van der Waals surface area contributed by atoms with Gasteiger partial charge >= 0.3 is 11.9 Å². The maximum atomic E-state index is 13.1. The number of aromatic hydroxyl groups is 1. The molecular weight excluding hydrogens is 546 g/mol. The highest BCUT2D eigenvalue weighted by Gasteiger charge is 2.31. The molecule has 0 aliphatic rings. The molecule has 3 amide bonds. The van der Waals surface area contributed by atoms with Gasteiger partial charge in [0.15, 0.2) is 5.96 Å². The Bertz CT molecular complexity index is 1050. The minimum Gasteiger partial charge on any atom is -0.508 e. The second-order valence-electron chi connectivity index (χ2n) is 8.83. The molecule has 0 spiro atoms. The number of guanidine groups is 1. The van der Waals surface area contributed by atoms with Crippen molar-refractivity contribution in [1.82, 2.24) is 16.0 Å². The predicted molar refractivity (Wildman–Crippen MR) is 148 cm³/mol. The van der Waals surface area contributed by atoms with Crippen LogP contribution in [0.25, 0.3) is 0 Å². The van der Waals surface area contributed by atoms with Gasteiger partial charge in [0.05, 0.1) is 12.5 Å². The molecule has 222 valence electrons. The van der Waals surface area contributed by atoms with Crippen LogP contribution in [0.15, 0.2) is 29.3 Å². The molecule has 0 bridgehead atoms. The summed E-state index contributed by atoms with van der Waals surface area (Å²) in [5.41, 5.74) is 17.0. The van der Waals surface area contributed by atoms with Crippen LogP contribution in [-0.4, -0.2) is 93.7 Å². The number of carbonyl (C=O) groups excluding carboxylic acids is 3. The van der Waals surface area contributed by atoms with E-state index in [9.17, 15) is 39.3 Å². The molecule has 4 atom stereocenters. The van der Waals surface area contributed by atoms with Crippen molar-refractivity contribution in [2.75, 3.05) is 18.6 Å². The highest BCUT2D eigenvalue weighted by Crippen LogP contribution is 2.12. The summed E-state index contributed by atoms with van der Waals surface area (Å²) in [6, 6.07) is 0.486. The van der Waals surface area contributed by atoms with E-state index in [1.807, 2.05) is 6.26 Å². The van der Waals surface area contributed by atoms with Gasteiger partial charge in [0.1, 0.15) is 23.9 Å². The average Bonchev–Trinajstić information content (AvgIpc) is 2.88. The molecule has 1 rings (SSSR count). The second-order valence-corrected chi connectivity index (χ2v) is 9.81. The van der Waals surface area contributed by atoms with Gasteiger partial charge in [0, 0.05) is 13.0 Å². The van der Waals surface area contributed by atoms with Gasteiger partial charge in [-0.3, -0.25) is 24.2 Å². The molecule has 0 aromatic heterocycles. The van der Waals surface area contributed by atoms with Crippen molar-refractivity contribution in [3.63, 3.8) is 0 Å². The molecule has 0 saturated carbocycles. The van der Waals surface area contributed by atoms with Crippen LogP contribution in [0.1, 0.15) is 31.2 Å². The number of hydrogen-bond donors (Lipinski definition) is 9. The van der Waals surface area contributed by atoms with Crippen molar-refractivity contribution in [3.05, 3.63) is 29.8 Å². The highest BCUT2D eigenvalue weighted by molar-refractivity contribution is 7.98. The molecule has 15 nitrogen and oxygen atoms in total. The number of benzene rings is 1. The molecule has 1 aromatic carbocycles. The van der Waals surface area contributed by atoms with Gasteiger partial charge in [-0.05, 0) is 49.0 Å². The summed E-state index contributed by atoms with van der Waals surface area (Å²) < 4.78 is 0. The van der Waals surface area contributed by atoms with Gasteiger partial charge in [0.25, 0.3) is 0 Å². The van der Waals surface area contributed by atoms with Crippen LogP contribution < -0.4 is 33.2 Å². The lowest BCUT2D eigenvalue weighted by molar-refractivity contribution is -0.143. The van der Waals surface area contributed by atoms with Gasteiger partial charge in [0.2, 0.25) is 17.7 Å². The largest absolute Gasteiger partial charge is 0.508 e. The van der Waals surface area contributed by atoms with Crippen LogP contribution in [0.2, 0.25) is 0 Å². The molecule has 12 N–H and O–H groups in total. The molecule has 0 radical (unpaired) electrons. The van der Waals surface area contributed by atoms with E-state index in [-0.39, 0.29) is 37.5 Å². The first-order chi connectivity index (χ1) is 18.8. The zero-order chi connectivity index (χ0) is 30.2. The number of amides is 3. The fourth-order valence-corrected chi connectivity index (χ4v) is 3.91. The van der Waals surface area contributed by atoms with Crippen molar-refractivity contribution >= 4 is 47.4 Å². The number of carbonyl (C=O) groups is 5. The van der Waals surface area contributed by atoms with Gasteiger partial charge in [-0.1, -0.05) is 12.1 Å². The minimum absolute atomic E-state index is 0.0172. The molecule has 0 saturated heterocycles. The first kappa shape index (κ1) is 34.0. The third-order valence-corrected chi connectivity index (χ3v) is 6.19. The van der Waals surface area contributed by atoms with Crippen LogP contribution in [0.4, 0.5) is 0 Å². The zero-order valence-electron chi connectivity index (χ0n) is 22.0.